The van der Waals surface area contributed by atoms with Gasteiger partial charge in [0.05, 0.1) is 6.04 Å². The molecule has 1 aromatic carbocycles. The number of benzene rings is 1. The summed E-state index contributed by atoms with van der Waals surface area (Å²) in [4.78, 5) is 50.8. The van der Waals surface area contributed by atoms with Crippen LogP contribution in [0.5, 0.6) is 5.75 Å². The molecule has 4 atom stereocenters. The van der Waals surface area contributed by atoms with Crippen LogP contribution in [0.15, 0.2) is 24.3 Å². The first kappa shape index (κ1) is 34.2. The Bertz CT molecular complexity index is 903. The van der Waals surface area contributed by atoms with Gasteiger partial charge in [0.25, 0.3) is 0 Å². The summed E-state index contributed by atoms with van der Waals surface area (Å²) in [6, 6.07) is 2.32. The molecular formula is C26H44N6O6S. The van der Waals surface area contributed by atoms with Crippen LogP contribution < -0.4 is 33.2 Å². The molecule has 0 heterocycles. The summed E-state index contributed by atoms with van der Waals surface area (Å²) in [6.45, 7) is 0.824. The molecule has 1 rings (SSSR count). The largest absolute Gasteiger partial charge is 0.508 e. The van der Waals surface area contributed by atoms with E-state index in [1.165, 1.54) is 23.9 Å². The van der Waals surface area contributed by atoms with Crippen LogP contribution in [0, 0.1) is 0 Å². The molecule has 1 aromatic rings. The van der Waals surface area contributed by atoms with Crippen LogP contribution >= 0.6 is 11.8 Å². The fourth-order valence-electron chi connectivity index (χ4n) is 3.82. The molecular weight excluding hydrogens is 524 g/mol. The summed E-state index contributed by atoms with van der Waals surface area (Å²) in [5, 5.41) is 26.9. The molecule has 13 heteroatoms. The van der Waals surface area contributed by atoms with E-state index in [9.17, 15) is 29.4 Å². The normalized spacial score (nSPS) is 14.1. The molecule has 0 aliphatic heterocycles. The Labute approximate surface area is 234 Å². The molecule has 39 heavy (non-hydrogen) atoms. The van der Waals surface area contributed by atoms with Gasteiger partial charge >= 0.3 is 5.97 Å². The van der Waals surface area contributed by atoms with Crippen molar-refractivity contribution >= 4 is 35.5 Å². The van der Waals surface area contributed by atoms with Gasteiger partial charge in [-0.05, 0) is 94.2 Å². The van der Waals surface area contributed by atoms with Crippen LogP contribution in [0.1, 0.15) is 50.5 Å². The number of carbonyl (C=O) groups excluding carboxylic acids is 3. The summed E-state index contributed by atoms with van der Waals surface area (Å²) in [6.07, 6.45) is 5.17. The molecule has 3 amide bonds. The van der Waals surface area contributed by atoms with Crippen molar-refractivity contribution in [2.24, 2.45) is 17.2 Å². The molecule has 0 radical (unpaired) electrons. The maximum atomic E-state index is 13.2. The minimum atomic E-state index is -1.17. The van der Waals surface area contributed by atoms with Crippen molar-refractivity contribution in [3.63, 3.8) is 0 Å². The predicted octanol–water partition coefficient (Wildman–Crippen LogP) is -0.188. The highest BCUT2D eigenvalue weighted by Gasteiger charge is 2.30. The number of amides is 3. The monoisotopic (exact) mass is 568 g/mol. The average Bonchev–Trinajstić information content (AvgIpc) is 2.90. The van der Waals surface area contributed by atoms with E-state index >= 15 is 0 Å². The SMILES string of the molecule is CSCCC(NC(=O)C(N)Cc1ccc(O)cc1)C(=O)NC(CCCCN)C(=O)NC(CCCCN)C(=O)O. The summed E-state index contributed by atoms with van der Waals surface area (Å²) < 4.78 is 0. The molecule has 11 N–H and O–H groups in total. The second-order valence-electron chi connectivity index (χ2n) is 9.35. The number of carboxylic acids is 1. The lowest BCUT2D eigenvalue weighted by molar-refractivity contribution is -0.142. The number of aliphatic carboxylic acids is 1. The number of rotatable bonds is 20. The zero-order chi connectivity index (χ0) is 29.2. The van der Waals surface area contributed by atoms with Crippen molar-refractivity contribution in [3.8, 4) is 5.75 Å². The van der Waals surface area contributed by atoms with Gasteiger partial charge in [0, 0.05) is 0 Å². The molecule has 0 saturated carbocycles. The maximum Gasteiger partial charge on any atom is 0.326 e. The van der Waals surface area contributed by atoms with E-state index in [0.29, 0.717) is 50.9 Å². The highest BCUT2D eigenvalue weighted by atomic mass is 32.2. The Morgan fingerprint density at radius 1 is 0.795 bits per heavy atom. The topological polar surface area (TPSA) is 223 Å². The summed E-state index contributed by atoms with van der Waals surface area (Å²) >= 11 is 1.50. The van der Waals surface area contributed by atoms with E-state index in [2.05, 4.69) is 16.0 Å². The van der Waals surface area contributed by atoms with Crippen molar-refractivity contribution in [1.29, 1.82) is 0 Å². The molecule has 12 nitrogen and oxygen atoms in total. The van der Waals surface area contributed by atoms with Gasteiger partial charge in [-0.1, -0.05) is 12.1 Å². The smallest absolute Gasteiger partial charge is 0.326 e. The average molecular weight is 569 g/mol. The summed E-state index contributed by atoms with van der Waals surface area (Å²) in [5.74, 6) is -2.20. The van der Waals surface area contributed by atoms with Crippen molar-refractivity contribution < 1.29 is 29.4 Å². The van der Waals surface area contributed by atoms with E-state index in [4.69, 9.17) is 17.2 Å². The summed E-state index contributed by atoms with van der Waals surface area (Å²) in [7, 11) is 0. The molecule has 0 saturated heterocycles. The molecule has 4 unspecified atom stereocenters. The zero-order valence-corrected chi connectivity index (χ0v) is 23.4. The van der Waals surface area contributed by atoms with Gasteiger partial charge in [-0.3, -0.25) is 14.4 Å². The number of unbranched alkanes of at least 4 members (excludes halogenated alkanes) is 2. The zero-order valence-electron chi connectivity index (χ0n) is 22.6. The number of phenols is 1. The van der Waals surface area contributed by atoms with Gasteiger partial charge < -0.3 is 43.4 Å². The Kier molecular flexibility index (Phi) is 16.8. The first-order valence-electron chi connectivity index (χ1n) is 13.2. The van der Waals surface area contributed by atoms with Crippen LogP contribution in [0.4, 0.5) is 0 Å². The van der Waals surface area contributed by atoms with Gasteiger partial charge in [0.1, 0.15) is 23.9 Å². The van der Waals surface area contributed by atoms with E-state index < -0.39 is 47.9 Å². The first-order chi connectivity index (χ1) is 18.6. The summed E-state index contributed by atoms with van der Waals surface area (Å²) in [5.41, 5.74) is 17.9. The standard InChI is InChI=1S/C26H44N6O6S/c1-39-15-12-21(30-23(34)19(29)16-17-8-10-18(33)11-9-17)25(36)31-20(6-2-4-13-27)24(35)32-22(26(37)38)7-3-5-14-28/h8-11,19-22,33H,2-7,12-16,27-29H2,1H3,(H,30,34)(H,31,36)(H,32,35)(H,37,38). The van der Waals surface area contributed by atoms with Crippen molar-refractivity contribution in [3.05, 3.63) is 29.8 Å². The Balaban J connectivity index is 2.93. The number of nitrogens with one attached hydrogen (secondary N) is 3. The lowest BCUT2D eigenvalue weighted by Crippen LogP contribution is -2.57. The number of carbonyl (C=O) groups is 4. The minimum Gasteiger partial charge on any atom is -0.508 e. The molecule has 0 aliphatic carbocycles. The van der Waals surface area contributed by atoms with Gasteiger partial charge in [-0.25, -0.2) is 4.79 Å². The number of hydrogen-bond donors (Lipinski definition) is 8. The highest BCUT2D eigenvalue weighted by molar-refractivity contribution is 7.98. The van der Waals surface area contributed by atoms with E-state index in [1.807, 2.05) is 6.26 Å². The van der Waals surface area contributed by atoms with Crippen molar-refractivity contribution in [2.75, 3.05) is 25.1 Å². The van der Waals surface area contributed by atoms with Crippen molar-refractivity contribution in [1.82, 2.24) is 16.0 Å². The van der Waals surface area contributed by atoms with Crippen LogP contribution in [-0.4, -0.2) is 83.2 Å². The molecule has 0 bridgehead atoms. The Morgan fingerprint density at radius 3 is 1.79 bits per heavy atom. The van der Waals surface area contributed by atoms with E-state index in [0.717, 1.165) is 5.56 Å². The second kappa shape index (κ2) is 19.2. The van der Waals surface area contributed by atoms with Crippen molar-refractivity contribution in [2.45, 2.75) is 75.5 Å². The third kappa shape index (κ3) is 13.7. The van der Waals surface area contributed by atoms with Gasteiger partial charge in [-0.15, -0.1) is 0 Å². The lowest BCUT2D eigenvalue weighted by atomic mass is 10.0. The quantitative estimate of drug-likeness (QED) is 0.0968. The number of nitrogens with two attached hydrogens (primary N) is 3. The Morgan fingerprint density at radius 2 is 1.28 bits per heavy atom. The van der Waals surface area contributed by atoms with Crippen LogP contribution in [0.25, 0.3) is 0 Å². The number of aromatic hydroxyl groups is 1. The maximum absolute atomic E-state index is 13.2. The minimum absolute atomic E-state index is 0.0980. The van der Waals surface area contributed by atoms with Crippen LogP contribution in [-0.2, 0) is 25.6 Å². The first-order valence-corrected chi connectivity index (χ1v) is 14.6. The lowest BCUT2D eigenvalue weighted by Gasteiger charge is -2.25. The fraction of sp³-hybridized carbons (Fsp3) is 0.615. The molecule has 0 fully saturated rings. The number of hydrogen-bond acceptors (Lipinski definition) is 9. The molecule has 0 spiro atoms. The van der Waals surface area contributed by atoms with E-state index in [-0.39, 0.29) is 25.0 Å². The fourth-order valence-corrected chi connectivity index (χ4v) is 4.29. The van der Waals surface area contributed by atoms with E-state index in [1.54, 1.807) is 12.1 Å². The molecule has 0 aliphatic rings. The van der Waals surface area contributed by atoms with Gasteiger partial charge in [0.2, 0.25) is 17.7 Å². The van der Waals surface area contributed by atoms with Gasteiger partial charge in [-0.2, -0.15) is 11.8 Å². The molecule has 0 aromatic heterocycles. The van der Waals surface area contributed by atoms with Crippen LogP contribution in [0.3, 0.4) is 0 Å². The third-order valence-electron chi connectivity index (χ3n) is 6.11. The predicted molar refractivity (Wildman–Crippen MR) is 152 cm³/mol. The second-order valence-corrected chi connectivity index (χ2v) is 10.3. The number of carboxylic acid groups (broad SMARTS) is 1. The number of thioether (sulfide) groups is 1. The van der Waals surface area contributed by atoms with Gasteiger partial charge in [0.15, 0.2) is 0 Å². The third-order valence-corrected chi connectivity index (χ3v) is 6.76. The van der Waals surface area contributed by atoms with Crippen LogP contribution in [0.2, 0.25) is 0 Å². The molecule has 220 valence electrons. The number of phenolic OH excluding ortho intramolecular Hbond substituents is 1. The Hall–Kier alpha value is -2.87. The highest BCUT2D eigenvalue weighted by Crippen LogP contribution is 2.12.